The number of aliphatic hydroxyl groups excluding tert-OH is 1. The molecule has 1 aliphatic carbocycles. The van der Waals surface area contributed by atoms with Gasteiger partial charge in [0.1, 0.15) is 16.5 Å². The average molecular weight is 263 g/mol. The highest BCUT2D eigenvalue weighted by Gasteiger charge is 2.20. The summed E-state index contributed by atoms with van der Waals surface area (Å²) in [6.45, 7) is 2.03. The zero-order chi connectivity index (χ0) is 13.3. The maximum Gasteiger partial charge on any atom is 0.122 e. The molecule has 3 N–H and O–H groups in total. The van der Waals surface area contributed by atoms with Gasteiger partial charge < -0.3 is 15.4 Å². The Bertz CT molecular complexity index is 569. The molecule has 1 aromatic rings. The molecule has 96 valence electrons. The summed E-state index contributed by atoms with van der Waals surface area (Å²) in [4.78, 5) is 0. The van der Waals surface area contributed by atoms with Gasteiger partial charge in [-0.3, -0.25) is 0 Å². The van der Waals surface area contributed by atoms with Crippen LogP contribution in [0.25, 0.3) is 0 Å². The zero-order valence-corrected chi connectivity index (χ0v) is 11.3. The molecule has 0 spiro atoms. The number of nitrogens with zero attached hydrogens (tertiary/aromatic N) is 2. The molecule has 0 saturated carbocycles. The lowest BCUT2D eigenvalue weighted by atomic mass is 9.90. The fraction of sp³-hybridized carbons (Fsp3) is 0.538. The van der Waals surface area contributed by atoms with Crippen LogP contribution >= 0.6 is 12.2 Å². The number of nitrogens with two attached hydrogens (primary N) is 1. The van der Waals surface area contributed by atoms with E-state index >= 15 is 0 Å². The lowest BCUT2D eigenvalue weighted by Gasteiger charge is -2.23. The predicted molar refractivity (Wildman–Crippen MR) is 72.7 cm³/mol. The van der Waals surface area contributed by atoms with Crippen molar-refractivity contribution in [3.05, 3.63) is 21.3 Å². The number of hydrogen-bond acceptors (Lipinski definition) is 4. The largest absolute Gasteiger partial charge is 0.392 e. The molecule has 2 rings (SSSR count). The molecule has 1 heterocycles. The molecule has 0 bridgehead atoms. The van der Waals surface area contributed by atoms with Crippen LogP contribution in [0.3, 0.4) is 0 Å². The number of aliphatic hydroxyl groups is 1. The molecule has 0 aromatic carbocycles. The zero-order valence-electron chi connectivity index (χ0n) is 10.4. The van der Waals surface area contributed by atoms with E-state index in [-0.39, 0.29) is 0 Å². The summed E-state index contributed by atoms with van der Waals surface area (Å²) in [5, 5.41) is 18.8. The lowest BCUT2D eigenvalue weighted by molar-refractivity contribution is 0.173. The van der Waals surface area contributed by atoms with Crippen molar-refractivity contribution in [3.63, 3.8) is 0 Å². The van der Waals surface area contributed by atoms with E-state index < -0.39 is 6.10 Å². The number of fused-ring (bicyclic) bond motifs is 1. The molecule has 1 aliphatic rings. The number of hydrogen-bond donors (Lipinski definition) is 2. The quantitative estimate of drug-likeness (QED) is 0.799. The van der Waals surface area contributed by atoms with Gasteiger partial charge in [-0.05, 0) is 43.7 Å². The van der Waals surface area contributed by atoms with E-state index in [1.54, 1.807) is 11.5 Å². The summed E-state index contributed by atoms with van der Waals surface area (Å²) >= 11 is 5.45. The van der Waals surface area contributed by atoms with Crippen LogP contribution in [0.4, 0.5) is 5.82 Å². The predicted octanol–water partition coefficient (Wildman–Crippen LogP) is 1.93. The monoisotopic (exact) mass is 263 g/mol. The Morgan fingerprint density at radius 2 is 2.06 bits per heavy atom. The summed E-state index contributed by atoms with van der Waals surface area (Å²) in [5.74, 6) is 0.393. The Balaban J connectivity index is 2.70. The van der Waals surface area contributed by atoms with Crippen molar-refractivity contribution in [1.29, 1.82) is 5.26 Å². The normalized spacial score (nSPS) is 15.8. The van der Waals surface area contributed by atoms with Crippen molar-refractivity contribution in [2.24, 2.45) is 0 Å². The number of rotatable bonds is 2. The van der Waals surface area contributed by atoms with Crippen molar-refractivity contribution in [3.8, 4) is 6.07 Å². The first-order valence-corrected chi connectivity index (χ1v) is 6.59. The second-order valence-electron chi connectivity index (χ2n) is 4.80. The molecule has 5 heteroatoms. The van der Waals surface area contributed by atoms with Gasteiger partial charge in [0.2, 0.25) is 0 Å². The third kappa shape index (κ3) is 2.14. The molecule has 4 nitrogen and oxygen atoms in total. The van der Waals surface area contributed by atoms with Crippen molar-refractivity contribution in [2.45, 2.75) is 45.3 Å². The van der Waals surface area contributed by atoms with Crippen LogP contribution in [0.5, 0.6) is 0 Å². The van der Waals surface area contributed by atoms with Gasteiger partial charge in [0.25, 0.3) is 0 Å². The molecule has 0 aliphatic heterocycles. The molecule has 0 saturated heterocycles. The maximum absolute atomic E-state index is 9.52. The summed E-state index contributed by atoms with van der Waals surface area (Å²) in [5.41, 5.74) is 8.66. The number of anilines is 1. The molecule has 0 amide bonds. The highest BCUT2D eigenvalue weighted by atomic mass is 32.1. The van der Waals surface area contributed by atoms with E-state index in [1.807, 2.05) is 0 Å². The second-order valence-corrected chi connectivity index (χ2v) is 5.19. The van der Waals surface area contributed by atoms with E-state index in [0.29, 0.717) is 22.6 Å². The van der Waals surface area contributed by atoms with Crippen LogP contribution in [0, 0.1) is 16.0 Å². The minimum Gasteiger partial charge on any atom is -0.392 e. The minimum atomic E-state index is -0.535. The van der Waals surface area contributed by atoms with Crippen molar-refractivity contribution in [2.75, 3.05) is 5.73 Å². The number of nitrogen functional groups attached to an aromatic ring is 1. The molecule has 0 radical (unpaired) electrons. The van der Waals surface area contributed by atoms with E-state index in [0.717, 1.165) is 36.8 Å². The molecule has 18 heavy (non-hydrogen) atoms. The first-order chi connectivity index (χ1) is 8.56. The highest BCUT2D eigenvalue weighted by molar-refractivity contribution is 7.71. The Morgan fingerprint density at radius 1 is 1.44 bits per heavy atom. The third-order valence-corrected chi connectivity index (χ3v) is 3.85. The van der Waals surface area contributed by atoms with Gasteiger partial charge >= 0.3 is 0 Å². The van der Waals surface area contributed by atoms with Gasteiger partial charge in [0.15, 0.2) is 0 Å². The molecule has 0 unspecified atom stereocenters. The summed E-state index contributed by atoms with van der Waals surface area (Å²) < 4.78 is 2.38. The van der Waals surface area contributed by atoms with Crippen molar-refractivity contribution in [1.82, 2.24) is 4.57 Å². The number of aromatic nitrogens is 1. The molecule has 1 aromatic heterocycles. The highest BCUT2D eigenvalue weighted by Crippen LogP contribution is 2.29. The first kappa shape index (κ1) is 13.1. The van der Waals surface area contributed by atoms with Crippen LogP contribution < -0.4 is 5.73 Å². The van der Waals surface area contributed by atoms with Gasteiger partial charge in [0.05, 0.1) is 18.2 Å². The van der Waals surface area contributed by atoms with Crippen LogP contribution in [-0.4, -0.2) is 15.8 Å². The standard InChI is InChI=1S/C13H17N3OS/c1-8(17)7-16-12(15)11(6-14)9-4-2-3-5-10(9)13(16)18/h8,17H,2-5,7,15H2,1H3/t8-/m0/s1. The molecule has 1 atom stereocenters. The van der Waals surface area contributed by atoms with Crippen LogP contribution in [-0.2, 0) is 19.4 Å². The Morgan fingerprint density at radius 3 is 2.61 bits per heavy atom. The Labute approximate surface area is 112 Å². The average Bonchev–Trinajstić information content (AvgIpc) is 2.35. The first-order valence-electron chi connectivity index (χ1n) is 6.18. The van der Waals surface area contributed by atoms with Crippen LogP contribution in [0.1, 0.15) is 36.5 Å². The fourth-order valence-electron chi connectivity index (χ4n) is 2.55. The van der Waals surface area contributed by atoms with Crippen LogP contribution in [0.15, 0.2) is 0 Å². The van der Waals surface area contributed by atoms with Gasteiger partial charge in [-0.1, -0.05) is 12.2 Å². The van der Waals surface area contributed by atoms with Gasteiger partial charge in [-0.25, -0.2) is 0 Å². The van der Waals surface area contributed by atoms with Gasteiger partial charge in [0, 0.05) is 0 Å². The summed E-state index contributed by atoms with van der Waals surface area (Å²) in [6, 6.07) is 2.19. The maximum atomic E-state index is 9.52. The summed E-state index contributed by atoms with van der Waals surface area (Å²) in [6.07, 6.45) is 3.42. The minimum absolute atomic E-state index is 0.340. The lowest BCUT2D eigenvalue weighted by Crippen LogP contribution is -2.21. The van der Waals surface area contributed by atoms with Gasteiger partial charge in [-0.2, -0.15) is 5.26 Å². The van der Waals surface area contributed by atoms with Gasteiger partial charge in [-0.15, -0.1) is 0 Å². The SMILES string of the molecule is C[C@H](O)Cn1c(N)c(C#N)c2c(c1=S)CCCC2. The van der Waals surface area contributed by atoms with Crippen LogP contribution in [0.2, 0.25) is 0 Å². The molecular weight excluding hydrogens is 246 g/mol. The number of pyridine rings is 1. The summed E-state index contributed by atoms with van der Waals surface area (Å²) in [7, 11) is 0. The van der Waals surface area contributed by atoms with Crippen molar-refractivity contribution < 1.29 is 5.11 Å². The number of nitriles is 1. The Kier molecular flexibility index (Phi) is 3.69. The topological polar surface area (TPSA) is 75.0 Å². The second kappa shape index (κ2) is 5.09. The van der Waals surface area contributed by atoms with E-state index in [1.165, 1.54) is 0 Å². The van der Waals surface area contributed by atoms with E-state index in [4.69, 9.17) is 18.0 Å². The van der Waals surface area contributed by atoms with Crippen molar-refractivity contribution >= 4 is 18.0 Å². The van der Waals surface area contributed by atoms with E-state index in [2.05, 4.69) is 6.07 Å². The Hall–Kier alpha value is -1.38. The molecular formula is C13H17N3OS. The fourth-order valence-corrected chi connectivity index (χ4v) is 2.95. The third-order valence-electron chi connectivity index (χ3n) is 3.38. The smallest absolute Gasteiger partial charge is 0.122 e. The molecule has 0 fully saturated rings. The van der Waals surface area contributed by atoms with E-state index in [9.17, 15) is 10.4 Å².